The van der Waals surface area contributed by atoms with E-state index in [9.17, 15) is 12.8 Å². The van der Waals surface area contributed by atoms with Gasteiger partial charge in [0.25, 0.3) is 0 Å². The van der Waals surface area contributed by atoms with Gasteiger partial charge in [0.05, 0.1) is 0 Å². The summed E-state index contributed by atoms with van der Waals surface area (Å²) in [6.45, 7) is 6.88. The zero-order chi connectivity index (χ0) is 15.9. The summed E-state index contributed by atoms with van der Waals surface area (Å²) in [5.41, 5.74) is 0.728. The molecule has 0 aliphatic heterocycles. The van der Waals surface area contributed by atoms with Crippen LogP contribution in [0.5, 0.6) is 0 Å². The molecule has 6 heteroatoms. The summed E-state index contributed by atoms with van der Waals surface area (Å²) in [5.74, 6) is -0.707. The molecule has 0 aliphatic rings. The highest BCUT2D eigenvalue weighted by Gasteiger charge is 2.18. The van der Waals surface area contributed by atoms with Crippen LogP contribution in [0.3, 0.4) is 0 Å². The second kappa shape index (κ2) is 8.46. The van der Waals surface area contributed by atoms with E-state index in [1.807, 2.05) is 20.8 Å². The maximum absolute atomic E-state index is 14.0. The highest BCUT2D eigenvalue weighted by molar-refractivity contribution is 7.89. The van der Waals surface area contributed by atoms with Gasteiger partial charge < -0.3 is 5.32 Å². The summed E-state index contributed by atoms with van der Waals surface area (Å²) in [5, 5.41) is 3.16. The first-order valence-corrected chi connectivity index (χ1v) is 8.86. The third-order valence-corrected chi connectivity index (χ3v) is 4.57. The van der Waals surface area contributed by atoms with Gasteiger partial charge in [0, 0.05) is 19.1 Å². The summed E-state index contributed by atoms with van der Waals surface area (Å²) in [4.78, 5) is -0.285. The largest absolute Gasteiger partial charge is 0.310 e. The minimum absolute atomic E-state index is 0.285. The standard InChI is InChI=1S/C15H25FN2O2S/c1-4-5-6-9-18-21(19,20)15-8-7-13(10-14(15)16)11-17-12(2)3/h7-8,10,12,17-18H,4-6,9,11H2,1-3H3. The Labute approximate surface area is 127 Å². The predicted molar refractivity (Wildman–Crippen MR) is 83.1 cm³/mol. The normalized spacial score (nSPS) is 12.0. The fourth-order valence-corrected chi connectivity index (χ4v) is 2.98. The lowest BCUT2D eigenvalue weighted by Gasteiger charge is -2.11. The van der Waals surface area contributed by atoms with Crippen molar-refractivity contribution < 1.29 is 12.8 Å². The Balaban J connectivity index is 2.74. The van der Waals surface area contributed by atoms with Gasteiger partial charge in [0.1, 0.15) is 10.7 Å². The van der Waals surface area contributed by atoms with Gasteiger partial charge in [-0.15, -0.1) is 0 Å². The lowest BCUT2D eigenvalue weighted by molar-refractivity contribution is 0.549. The average Bonchev–Trinajstić information content (AvgIpc) is 2.41. The van der Waals surface area contributed by atoms with Crippen molar-refractivity contribution in [3.63, 3.8) is 0 Å². The molecule has 0 atom stereocenters. The summed E-state index contributed by atoms with van der Waals surface area (Å²) < 4.78 is 40.5. The quantitative estimate of drug-likeness (QED) is 0.689. The molecular weight excluding hydrogens is 291 g/mol. The van der Waals surface area contributed by atoms with Crippen LogP contribution in [-0.4, -0.2) is 21.0 Å². The third-order valence-electron chi connectivity index (χ3n) is 3.07. The fraction of sp³-hybridized carbons (Fsp3) is 0.600. The SMILES string of the molecule is CCCCCNS(=O)(=O)c1ccc(CNC(C)C)cc1F. The summed E-state index contributed by atoms with van der Waals surface area (Å²) >= 11 is 0. The number of nitrogens with one attached hydrogen (secondary N) is 2. The van der Waals surface area contributed by atoms with Crippen molar-refractivity contribution in [2.45, 2.75) is 57.5 Å². The zero-order valence-corrected chi connectivity index (χ0v) is 13.8. The van der Waals surface area contributed by atoms with Gasteiger partial charge in [-0.2, -0.15) is 0 Å². The number of halogens is 1. The Kier molecular flexibility index (Phi) is 7.28. The van der Waals surface area contributed by atoms with Crippen LogP contribution in [0.15, 0.2) is 23.1 Å². The minimum Gasteiger partial charge on any atom is -0.310 e. The molecule has 120 valence electrons. The molecule has 0 aliphatic carbocycles. The highest BCUT2D eigenvalue weighted by Crippen LogP contribution is 2.16. The Morgan fingerprint density at radius 1 is 1.24 bits per heavy atom. The molecule has 2 N–H and O–H groups in total. The molecule has 0 fully saturated rings. The van der Waals surface area contributed by atoms with E-state index in [1.165, 1.54) is 12.1 Å². The van der Waals surface area contributed by atoms with Crippen molar-refractivity contribution >= 4 is 10.0 Å². The zero-order valence-electron chi connectivity index (χ0n) is 12.9. The summed E-state index contributed by atoms with van der Waals surface area (Å²) in [6, 6.07) is 4.53. The van der Waals surface area contributed by atoms with Crippen molar-refractivity contribution in [2.24, 2.45) is 0 Å². The molecule has 0 saturated carbocycles. The molecular formula is C15H25FN2O2S. The van der Waals surface area contributed by atoms with Crippen LogP contribution in [0.25, 0.3) is 0 Å². The van der Waals surface area contributed by atoms with Crippen LogP contribution in [0.1, 0.15) is 45.6 Å². The Morgan fingerprint density at radius 2 is 1.95 bits per heavy atom. The van der Waals surface area contributed by atoms with Crippen LogP contribution in [0.4, 0.5) is 4.39 Å². The highest BCUT2D eigenvalue weighted by atomic mass is 32.2. The van der Waals surface area contributed by atoms with Gasteiger partial charge in [-0.1, -0.05) is 39.7 Å². The fourth-order valence-electron chi connectivity index (χ4n) is 1.85. The molecule has 0 aromatic heterocycles. The lowest BCUT2D eigenvalue weighted by atomic mass is 10.2. The molecule has 1 aromatic carbocycles. The summed E-state index contributed by atoms with van der Waals surface area (Å²) in [7, 11) is -3.76. The third kappa shape index (κ3) is 6.11. The molecule has 0 amide bonds. The van der Waals surface area contributed by atoms with Gasteiger partial charge in [-0.3, -0.25) is 0 Å². The lowest BCUT2D eigenvalue weighted by Crippen LogP contribution is -2.26. The maximum Gasteiger partial charge on any atom is 0.243 e. The van der Waals surface area contributed by atoms with Gasteiger partial charge in [0.15, 0.2) is 0 Å². The van der Waals surface area contributed by atoms with Gasteiger partial charge in [0.2, 0.25) is 10.0 Å². The second-order valence-electron chi connectivity index (χ2n) is 5.41. The van der Waals surface area contributed by atoms with Gasteiger partial charge >= 0.3 is 0 Å². The molecule has 0 saturated heterocycles. The van der Waals surface area contributed by atoms with E-state index in [0.717, 1.165) is 24.8 Å². The monoisotopic (exact) mass is 316 g/mol. The average molecular weight is 316 g/mol. The first-order chi connectivity index (χ1) is 9.86. The number of hydrogen-bond donors (Lipinski definition) is 2. The molecule has 1 aromatic rings. The smallest absolute Gasteiger partial charge is 0.243 e. The van der Waals surface area contributed by atoms with Gasteiger partial charge in [-0.05, 0) is 24.1 Å². The Morgan fingerprint density at radius 3 is 2.52 bits per heavy atom. The van der Waals surface area contributed by atoms with E-state index in [2.05, 4.69) is 10.0 Å². The van der Waals surface area contributed by atoms with Crippen LogP contribution in [0, 0.1) is 5.82 Å². The maximum atomic E-state index is 14.0. The number of rotatable bonds is 9. The first-order valence-electron chi connectivity index (χ1n) is 7.38. The van der Waals surface area contributed by atoms with E-state index < -0.39 is 15.8 Å². The van der Waals surface area contributed by atoms with Crippen LogP contribution in [-0.2, 0) is 16.6 Å². The number of hydrogen-bond acceptors (Lipinski definition) is 3. The van der Waals surface area contributed by atoms with E-state index in [-0.39, 0.29) is 10.9 Å². The molecule has 1 rings (SSSR count). The van der Waals surface area contributed by atoms with Crippen molar-refractivity contribution in [3.8, 4) is 0 Å². The van der Waals surface area contributed by atoms with E-state index >= 15 is 0 Å². The number of benzene rings is 1. The topological polar surface area (TPSA) is 58.2 Å². The van der Waals surface area contributed by atoms with Crippen LogP contribution in [0.2, 0.25) is 0 Å². The Hall–Kier alpha value is -0.980. The van der Waals surface area contributed by atoms with Gasteiger partial charge in [-0.25, -0.2) is 17.5 Å². The molecule has 0 spiro atoms. The molecule has 0 unspecified atom stereocenters. The van der Waals surface area contributed by atoms with E-state index in [4.69, 9.17) is 0 Å². The van der Waals surface area contributed by atoms with Crippen molar-refractivity contribution in [3.05, 3.63) is 29.6 Å². The molecule has 0 radical (unpaired) electrons. The van der Waals surface area contributed by atoms with Crippen molar-refractivity contribution in [2.75, 3.05) is 6.54 Å². The molecule has 4 nitrogen and oxygen atoms in total. The van der Waals surface area contributed by atoms with Crippen LogP contribution >= 0.6 is 0 Å². The molecule has 21 heavy (non-hydrogen) atoms. The number of unbranched alkanes of at least 4 members (excludes halogenated alkanes) is 2. The van der Waals surface area contributed by atoms with Crippen molar-refractivity contribution in [1.82, 2.24) is 10.0 Å². The van der Waals surface area contributed by atoms with Crippen molar-refractivity contribution in [1.29, 1.82) is 0 Å². The second-order valence-corrected chi connectivity index (χ2v) is 7.14. The Bertz CT molecular complexity index is 545. The number of sulfonamides is 1. The molecule has 0 heterocycles. The molecule has 0 bridgehead atoms. The predicted octanol–water partition coefficient (Wildman–Crippen LogP) is 2.79. The van der Waals surface area contributed by atoms with E-state index in [0.29, 0.717) is 13.1 Å². The first kappa shape index (κ1) is 18.1. The van der Waals surface area contributed by atoms with Crippen LogP contribution < -0.4 is 10.0 Å². The summed E-state index contributed by atoms with van der Waals surface area (Å²) in [6.07, 6.45) is 2.71. The minimum atomic E-state index is -3.76. The van der Waals surface area contributed by atoms with E-state index in [1.54, 1.807) is 6.07 Å².